The summed E-state index contributed by atoms with van der Waals surface area (Å²) in [6.07, 6.45) is -4.37. The SMILES string of the molecule is N#Cc1cc(Sc2cccc(C(F)(F)F)c2)ccc1N. The van der Waals surface area contributed by atoms with Gasteiger partial charge in [-0.15, -0.1) is 0 Å². The van der Waals surface area contributed by atoms with Gasteiger partial charge in [0.15, 0.2) is 0 Å². The number of rotatable bonds is 2. The van der Waals surface area contributed by atoms with Crippen LogP contribution in [0.2, 0.25) is 0 Å². The van der Waals surface area contributed by atoms with Crippen LogP contribution in [0.25, 0.3) is 0 Å². The van der Waals surface area contributed by atoms with Crippen molar-refractivity contribution in [2.75, 3.05) is 5.73 Å². The quantitative estimate of drug-likeness (QED) is 0.840. The molecule has 102 valence electrons. The molecule has 0 saturated carbocycles. The molecule has 20 heavy (non-hydrogen) atoms. The van der Waals surface area contributed by atoms with Crippen LogP contribution in [0.1, 0.15) is 11.1 Å². The fourth-order valence-electron chi connectivity index (χ4n) is 1.57. The third kappa shape index (κ3) is 3.25. The monoisotopic (exact) mass is 294 g/mol. The molecule has 2 nitrogen and oxygen atoms in total. The predicted molar refractivity (Wildman–Crippen MR) is 71.1 cm³/mol. The van der Waals surface area contributed by atoms with Crippen molar-refractivity contribution < 1.29 is 13.2 Å². The van der Waals surface area contributed by atoms with E-state index in [0.29, 0.717) is 21.0 Å². The largest absolute Gasteiger partial charge is 0.416 e. The van der Waals surface area contributed by atoms with E-state index in [-0.39, 0.29) is 0 Å². The third-order valence-corrected chi connectivity index (χ3v) is 3.52. The van der Waals surface area contributed by atoms with E-state index < -0.39 is 11.7 Å². The number of nitrogen functional groups attached to an aromatic ring is 1. The molecule has 2 aromatic carbocycles. The van der Waals surface area contributed by atoms with Gasteiger partial charge < -0.3 is 5.73 Å². The van der Waals surface area contributed by atoms with Gasteiger partial charge in [-0.3, -0.25) is 0 Å². The summed E-state index contributed by atoms with van der Waals surface area (Å²) in [5.41, 5.74) is 5.55. The Bertz CT molecular complexity index is 675. The molecule has 0 amide bonds. The first-order chi connectivity index (χ1) is 9.40. The summed E-state index contributed by atoms with van der Waals surface area (Å²) in [5.74, 6) is 0. The lowest BCUT2D eigenvalue weighted by atomic mass is 10.2. The number of hydrogen-bond acceptors (Lipinski definition) is 3. The van der Waals surface area contributed by atoms with E-state index in [0.717, 1.165) is 23.9 Å². The first-order valence-electron chi connectivity index (χ1n) is 5.55. The molecule has 0 radical (unpaired) electrons. The van der Waals surface area contributed by atoms with Gasteiger partial charge in [0.05, 0.1) is 11.1 Å². The van der Waals surface area contributed by atoms with Gasteiger partial charge in [-0.1, -0.05) is 17.8 Å². The van der Waals surface area contributed by atoms with Gasteiger partial charge in [0.25, 0.3) is 0 Å². The third-order valence-electron chi connectivity index (χ3n) is 2.54. The van der Waals surface area contributed by atoms with Crippen LogP contribution in [0, 0.1) is 11.3 Å². The molecular weight excluding hydrogens is 285 g/mol. The molecular formula is C14H9F3N2S. The zero-order chi connectivity index (χ0) is 14.8. The Hall–Kier alpha value is -2.13. The minimum atomic E-state index is -4.37. The molecule has 2 rings (SSSR count). The maximum atomic E-state index is 12.6. The molecule has 0 fully saturated rings. The van der Waals surface area contributed by atoms with Crippen LogP contribution in [0.4, 0.5) is 18.9 Å². The van der Waals surface area contributed by atoms with Gasteiger partial charge in [0.1, 0.15) is 6.07 Å². The summed E-state index contributed by atoms with van der Waals surface area (Å²) >= 11 is 1.15. The highest BCUT2D eigenvalue weighted by Crippen LogP contribution is 2.35. The Morgan fingerprint density at radius 1 is 1.05 bits per heavy atom. The number of alkyl halides is 3. The highest BCUT2D eigenvalue weighted by molar-refractivity contribution is 7.99. The molecule has 0 aliphatic rings. The lowest BCUT2D eigenvalue weighted by Crippen LogP contribution is -2.04. The first kappa shape index (κ1) is 14.3. The molecule has 0 atom stereocenters. The van der Waals surface area contributed by atoms with Gasteiger partial charge in [-0.25, -0.2) is 0 Å². The predicted octanol–water partition coefficient (Wildman–Crippen LogP) is 4.31. The van der Waals surface area contributed by atoms with E-state index in [1.807, 2.05) is 6.07 Å². The van der Waals surface area contributed by atoms with Crippen LogP contribution in [0.15, 0.2) is 52.3 Å². The van der Waals surface area contributed by atoms with Crippen LogP contribution in [0.5, 0.6) is 0 Å². The molecule has 0 bridgehead atoms. The zero-order valence-electron chi connectivity index (χ0n) is 10.1. The van der Waals surface area contributed by atoms with E-state index in [1.165, 1.54) is 6.07 Å². The van der Waals surface area contributed by atoms with Gasteiger partial charge in [0, 0.05) is 15.5 Å². The summed E-state index contributed by atoms with van der Waals surface area (Å²) in [4.78, 5) is 1.11. The highest BCUT2D eigenvalue weighted by atomic mass is 32.2. The van der Waals surface area contributed by atoms with Crippen molar-refractivity contribution in [2.24, 2.45) is 0 Å². The molecule has 0 aliphatic carbocycles. The highest BCUT2D eigenvalue weighted by Gasteiger charge is 2.30. The number of nitrogens with zero attached hydrogens (tertiary/aromatic N) is 1. The lowest BCUT2D eigenvalue weighted by molar-refractivity contribution is -0.137. The number of nitriles is 1. The lowest BCUT2D eigenvalue weighted by Gasteiger charge is -2.09. The van der Waals surface area contributed by atoms with Crippen molar-refractivity contribution in [3.8, 4) is 6.07 Å². The molecule has 0 spiro atoms. The fourth-order valence-corrected chi connectivity index (χ4v) is 2.49. The van der Waals surface area contributed by atoms with Crippen LogP contribution < -0.4 is 5.73 Å². The smallest absolute Gasteiger partial charge is 0.398 e. The summed E-state index contributed by atoms with van der Waals surface area (Å²) in [6, 6.07) is 11.8. The van der Waals surface area contributed by atoms with Gasteiger partial charge in [0.2, 0.25) is 0 Å². The molecule has 0 saturated heterocycles. The second kappa shape index (κ2) is 5.47. The van der Waals surface area contributed by atoms with Crippen LogP contribution in [-0.4, -0.2) is 0 Å². The average molecular weight is 294 g/mol. The maximum Gasteiger partial charge on any atom is 0.416 e. The van der Waals surface area contributed by atoms with Crippen molar-refractivity contribution in [1.82, 2.24) is 0 Å². The second-order valence-electron chi connectivity index (χ2n) is 3.99. The molecule has 0 heterocycles. The van der Waals surface area contributed by atoms with Crippen molar-refractivity contribution in [2.45, 2.75) is 16.0 Å². The van der Waals surface area contributed by atoms with E-state index in [1.54, 1.807) is 24.3 Å². The summed E-state index contributed by atoms with van der Waals surface area (Å²) in [7, 11) is 0. The molecule has 6 heteroatoms. The summed E-state index contributed by atoms with van der Waals surface area (Å²) < 4.78 is 37.8. The summed E-state index contributed by atoms with van der Waals surface area (Å²) in [6.45, 7) is 0. The number of nitrogens with two attached hydrogens (primary N) is 1. The standard InChI is InChI=1S/C14H9F3N2S/c15-14(16,17)10-2-1-3-11(7-10)20-12-4-5-13(19)9(6-12)8-18/h1-7H,19H2. The van der Waals surface area contributed by atoms with Crippen molar-refractivity contribution in [3.63, 3.8) is 0 Å². The zero-order valence-corrected chi connectivity index (χ0v) is 10.9. The van der Waals surface area contributed by atoms with E-state index in [9.17, 15) is 13.2 Å². The van der Waals surface area contributed by atoms with Crippen LogP contribution in [0.3, 0.4) is 0 Å². The Balaban J connectivity index is 2.29. The number of halogens is 3. The van der Waals surface area contributed by atoms with E-state index in [2.05, 4.69) is 0 Å². The van der Waals surface area contributed by atoms with E-state index in [4.69, 9.17) is 11.0 Å². The van der Waals surface area contributed by atoms with Crippen LogP contribution in [-0.2, 0) is 6.18 Å². The minimum absolute atomic E-state index is 0.307. The fraction of sp³-hybridized carbons (Fsp3) is 0.0714. The Morgan fingerprint density at radius 3 is 2.40 bits per heavy atom. The van der Waals surface area contributed by atoms with Crippen molar-refractivity contribution in [3.05, 3.63) is 53.6 Å². The molecule has 0 unspecified atom stereocenters. The molecule has 2 N–H and O–H groups in total. The van der Waals surface area contributed by atoms with Crippen LogP contribution >= 0.6 is 11.8 Å². The Morgan fingerprint density at radius 2 is 1.75 bits per heavy atom. The summed E-state index contributed by atoms with van der Waals surface area (Å²) in [5, 5.41) is 8.87. The topological polar surface area (TPSA) is 49.8 Å². The normalized spacial score (nSPS) is 11.1. The van der Waals surface area contributed by atoms with E-state index >= 15 is 0 Å². The Labute approximate surface area is 118 Å². The Kier molecular flexibility index (Phi) is 3.91. The first-order valence-corrected chi connectivity index (χ1v) is 6.36. The van der Waals surface area contributed by atoms with Gasteiger partial charge >= 0.3 is 6.18 Å². The van der Waals surface area contributed by atoms with Crippen molar-refractivity contribution >= 4 is 17.4 Å². The maximum absolute atomic E-state index is 12.6. The van der Waals surface area contributed by atoms with Gasteiger partial charge in [-0.2, -0.15) is 18.4 Å². The average Bonchev–Trinajstić information content (AvgIpc) is 2.40. The van der Waals surface area contributed by atoms with Crippen molar-refractivity contribution in [1.29, 1.82) is 5.26 Å². The molecule has 0 aliphatic heterocycles. The molecule has 2 aromatic rings. The molecule has 0 aromatic heterocycles. The minimum Gasteiger partial charge on any atom is -0.398 e. The number of anilines is 1. The second-order valence-corrected chi connectivity index (χ2v) is 5.14. The number of benzene rings is 2. The van der Waals surface area contributed by atoms with Gasteiger partial charge in [-0.05, 0) is 36.4 Å². The number of hydrogen-bond donors (Lipinski definition) is 1.